The number of β-amino-alcohol motifs (C(OH)–C–C–N with tert-alkyl or cyclic N) is 1. The number of nitrogens with zero attached hydrogens (tertiary/aromatic N) is 4. The second-order valence-corrected chi connectivity index (χ2v) is 8.40. The number of aromatic nitrogens is 3. The van der Waals surface area contributed by atoms with E-state index >= 15 is 0 Å². The minimum atomic E-state index is -0.406. The van der Waals surface area contributed by atoms with Crippen LogP contribution >= 0.6 is 11.8 Å². The maximum Gasteiger partial charge on any atom is 0.191 e. The fourth-order valence-corrected chi connectivity index (χ4v) is 4.05. The van der Waals surface area contributed by atoms with Crippen LogP contribution in [0.4, 0.5) is 0 Å². The van der Waals surface area contributed by atoms with E-state index in [4.69, 9.17) is 9.47 Å². The third-order valence-corrected chi connectivity index (χ3v) is 5.70. The second-order valence-electron chi connectivity index (χ2n) is 7.42. The molecule has 0 radical (unpaired) electrons. The molecular formula is C20H30N4O3S. The van der Waals surface area contributed by atoms with Crippen molar-refractivity contribution < 1.29 is 14.6 Å². The van der Waals surface area contributed by atoms with Crippen LogP contribution in [0, 0.1) is 5.92 Å². The number of rotatable bonds is 9. The van der Waals surface area contributed by atoms with Crippen LogP contribution in [0.5, 0.6) is 5.75 Å². The van der Waals surface area contributed by atoms with Crippen molar-refractivity contribution >= 4 is 11.8 Å². The number of aliphatic hydroxyl groups excluding tert-OH is 1. The first-order chi connectivity index (χ1) is 13.6. The predicted octanol–water partition coefficient (Wildman–Crippen LogP) is 2.39. The Bertz CT molecular complexity index is 730. The van der Waals surface area contributed by atoms with Gasteiger partial charge in [0.1, 0.15) is 5.75 Å². The third kappa shape index (κ3) is 5.70. The Morgan fingerprint density at radius 3 is 2.50 bits per heavy atom. The number of thioether (sulfide) groups is 1. The summed E-state index contributed by atoms with van der Waals surface area (Å²) in [4.78, 5) is 2.25. The van der Waals surface area contributed by atoms with Crippen LogP contribution in [0.3, 0.4) is 0 Å². The highest BCUT2D eigenvalue weighted by molar-refractivity contribution is 7.99. The van der Waals surface area contributed by atoms with E-state index in [0.29, 0.717) is 18.2 Å². The fourth-order valence-electron chi connectivity index (χ4n) is 3.18. The zero-order chi connectivity index (χ0) is 19.9. The van der Waals surface area contributed by atoms with Gasteiger partial charge < -0.3 is 19.1 Å². The maximum absolute atomic E-state index is 10.4. The zero-order valence-electron chi connectivity index (χ0n) is 16.9. The smallest absolute Gasteiger partial charge is 0.191 e. The summed E-state index contributed by atoms with van der Waals surface area (Å²) in [6.45, 7) is 9.11. The van der Waals surface area contributed by atoms with Crippen molar-refractivity contribution in [3.63, 3.8) is 0 Å². The van der Waals surface area contributed by atoms with Crippen molar-refractivity contribution in [1.29, 1.82) is 0 Å². The molecule has 2 aromatic rings. The van der Waals surface area contributed by atoms with Gasteiger partial charge in [0.2, 0.25) is 0 Å². The molecule has 1 aromatic carbocycles. The summed E-state index contributed by atoms with van der Waals surface area (Å²) < 4.78 is 12.8. The van der Waals surface area contributed by atoms with Gasteiger partial charge in [-0.25, -0.2) is 0 Å². The molecule has 1 N–H and O–H groups in total. The van der Waals surface area contributed by atoms with Crippen LogP contribution in [-0.4, -0.2) is 76.6 Å². The molecular weight excluding hydrogens is 376 g/mol. The molecule has 8 heteroatoms. The number of benzene rings is 1. The van der Waals surface area contributed by atoms with Crippen LogP contribution in [0.15, 0.2) is 29.4 Å². The molecule has 7 nitrogen and oxygen atoms in total. The number of aliphatic hydroxyl groups is 1. The quantitative estimate of drug-likeness (QED) is 0.641. The van der Waals surface area contributed by atoms with Gasteiger partial charge in [0, 0.05) is 37.5 Å². The molecule has 0 amide bonds. The van der Waals surface area contributed by atoms with Crippen molar-refractivity contribution in [2.24, 2.45) is 5.92 Å². The molecule has 0 aliphatic carbocycles. The maximum atomic E-state index is 10.4. The summed E-state index contributed by atoms with van der Waals surface area (Å²) in [7, 11) is 1.66. The molecule has 154 valence electrons. The first-order valence-electron chi connectivity index (χ1n) is 9.75. The number of hydrogen-bond acceptors (Lipinski definition) is 7. The molecule has 1 aromatic heterocycles. The fraction of sp³-hybridized carbons (Fsp3) is 0.600. The lowest BCUT2D eigenvalue weighted by atomic mass is 10.2. The van der Waals surface area contributed by atoms with Gasteiger partial charge in [-0.1, -0.05) is 25.6 Å². The summed E-state index contributed by atoms with van der Waals surface area (Å²) in [5.41, 5.74) is 1.01. The predicted molar refractivity (Wildman–Crippen MR) is 111 cm³/mol. The van der Waals surface area contributed by atoms with E-state index in [9.17, 15) is 5.11 Å². The molecule has 1 saturated heterocycles. The average molecular weight is 407 g/mol. The SMILES string of the molecule is COc1ccc(-c2nnc(SC[C@H](O)CN3CCOCC3)n2CC(C)C)cc1. The Morgan fingerprint density at radius 2 is 1.86 bits per heavy atom. The van der Waals surface area contributed by atoms with E-state index in [1.165, 1.54) is 0 Å². The molecule has 0 bridgehead atoms. The Morgan fingerprint density at radius 1 is 1.14 bits per heavy atom. The first kappa shape index (κ1) is 21.1. The lowest BCUT2D eigenvalue weighted by Crippen LogP contribution is -2.41. The lowest BCUT2D eigenvalue weighted by molar-refractivity contribution is 0.0188. The zero-order valence-corrected chi connectivity index (χ0v) is 17.7. The summed E-state index contributed by atoms with van der Waals surface area (Å²) >= 11 is 1.57. The van der Waals surface area contributed by atoms with E-state index in [1.807, 2.05) is 24.3 Å². The van der Waals surface area contributed by atoms with E-state index in [2.05, 4.69) is 33.5 Å². The van der Waals surface area contributed by atoms with Crippen molar-refractivity contribution in [2.45, 2.75) is 31.7 Å². The van der Waals surface area contributed by atoms with Crippen molar-refractivity contribution in [3.8, 4) is 17.1 Å². The van der Waals surface area contributed by atoms with E-state index in [-0.39, 0.29) is 0 Å². The Hall–Kier alpha value is -1.61. The van der Waals surface area contributed by atoms with Crippen LogP contribution in [-0.2, 0) is 11.3 Å². The molecule has 1 atom stereocenters. The van der Waals surface area contributed by atoms with Crippen molar-refractivity contribution in [1.82, 2.24) is 19.7 Å². The molecule has 1 fully saturated rings. The van der Waals surface area contributed by atoms with Gasteiger partial charge in [-0.3, -0.25) is 4.90 Å². The largest absolute Gasteiger partial charge is 0.497 e. The van der Waals surface area contributed by atoms with Gasteiger partial charge in [0.15, 0.2) is 11.0 Å². The minimum Gasteiger partial charge on any atom is -0.497 e. The minimum absolute atomic E-state index is 0.406. The van der Waals surface area contributed by atoms with Gasteiger partial charge in [-0.15, -0.1) is 10.2 Å². The number of morpholine rings is 1. The molecule has 0 saturated carbocycles. The Kier molecular flexibility index (Phi) is 7.73. The van der Waals surface area contributed by atoms with E-state index in [0.717, 1.165) is 55.1 Å². The highest BCUT2D eigenvalue weighted by atomic mass is 32.2. The van der Waals surface area contributed by atoms with Gasteiger partial charge in [-0.2, -0.15) is 0 Å². The summed E-state index contributed by atoms with van der Waals surface area (Å²) in [6, 6.07) is 7.87. The topological polar surface area (TPSA) is 72.6 Å². The molecule has 2 heterocycles. The van der Waals surface area contributed by atoms with Crippen molar-refractivity contribution in [2.75, 3.05) is 45.7 Å². The summed E-state index contributed by atoms with van der Waals surface area (Å²) in [5.74, 6) is 2.72. The Labute approximate surface area is 171 Å². The number of ether oxygens (including phenoxy) is 2. The van der Waals surface area contributed by atoms with Gasteiger partial charge in [0.25, 0.3) is 0 Å². The standard InChI is InChI=1S/C20H30N4O3S/c1-15(2)12-24-19(16-4-6-18(26-3)7-5-16)21-22-20(24)28-14-17(25)13-23-8-10-27-11-9-23/h4-7,15,17,25H,8-14H2,1-3H3/t17-/m1/s1. The molecule has 28 heavy (non-hydrogen) atoms. The van der Waals surface area contributed by atoms with E-state index in [1.54, 1.807) is 18.9 Å². The van der Waals surface area contributed by atoms with Crippen LogP contribution in [0.25, 0.3) is 11.4 Å². The van der Waals surface area contributed by atoms with Crippen LogP contribution in [0.2, 0.25) is 0 Å². The summed E-state index contributed by atoms with van der Waals surface area (Å²) in [6.07, 6.45) is -0.406. The lowest BCUT2D eigenvalue weighted by Gasteiger charge is -2.28. The molecule has 1 aliphatic heterocycles. The summed E-state index contributed by atoms with van der Waals surface area (Å²) in [5, 5.41) is 20.1. The number of hydrogen-bond donors (Lipinski definition) is 1. The highest BCUT2D eigenvalue weighted by Gasteiger charge is 2.19. The monoisotopic (exact) mass is 406 g/mol. The molecule has 0 unspecified atom stereocenters. The molecule has 0 spiro atoms. The third-order valence-electron chi connectivity index (χ3n) is 4.59. The van der Waals surface area contributed by atoms with Gasteiger partial charge in [0.05, 0.1) is 26.4 Å². The first-order valence-corrected chi connectivity index (χ1v) is 10.7. The average Bonchev–Trinajstić information content (AvgIpc) is 3.09. The second kappa shape index (κ2) is 10.2. The molecule has 1 aliphatic rings. The highest BCUT2D eigenvalue weighted by Crippen LogP contribution is 2.27. The molecule has 3 rings (SSSR count). The van der Waals surface area contributed by atoms with Gasteiger partial charge >= 0.3 is 0 Å². The Balaban J connectivity index is 1.68. The van der Waals surface area contributed by atoms with E-state index < -0.39 is 6.10 Å². The van der Waals surface area contributed by atoms with Gasteiger partial charge in [-0.05, 0) is 30.2 Å². The van der Waals surface area contributed by atoms with Crippen molar-refractivity contribution in [3.05, 3.63) is 24.3 Å². The normalized spacial score (nSPS) is 16.5. The van der Waals surface area contributed by atoms with Crippen LogP contribution < -0.4 is 4.74 Å². The number of methoxy groups -OCH3 is 1. The van der Waals surface area contributed by atoms with Crippen LogP contribution in [0.1, 0.15) is 13.8 Å².